The fourth-order valence-corrected chi connectivity index (χ4v) is 7.17. The summed E-state index contributed by atoms with van der Waals surface area (Å²) in [5.41, 5.74) is 9.83. The van der Waals surface area contributed by atoms with Crippen LogP contribution >= 0.6 is 0 Å². The summed E-state index contributed by atoms with van der Waals surface area (Å²) in [6.45, 7) is 10.7. The zero-order valence-electron chi connectivity index (χ0n) is 32.4. The molecule has 14 nitrogen and oxygen atoms in total. The number of hydrogen-bond acceptors (Lipinski definition) is 11. The summed E-state index contributed by atoms with van der Waals surface area (Å²) in [5, 5.41) is 15.0. The Labute approximate surface area is 323 Å². The first-order chi connectivity index (χ1) is 26.1. The summed E-state index contributed by atoms with van der Waals surface area (Å²) in [7, 11) is -3.60. The predicted molar refractivity (Wildman–Crippen MR) is 213 cm³/mol. The number of carbonyl (C=O) groups excluding carboxylic acids is 1. The highest BCUT2D eigenvalue weighted by Crippen LogP contribution is 2.39. The Bertz CT molecular complexity index is 2160. The molecule has 2 aromatic carbocycles. The third-order valence-corrected chi connectivity index (χ3v) is 10.3. The van der Waals surface area contributed by atoms with Gasteiger partial charge in [-0.15, -0.1) is 10.2 Å². The normalized spacial score (nSPS) is 20.1. The van der Waals surface area contributed by atoms with Crippen LogP contribution in [0.5, 0.6) is 11.5 Å². The average molecular weight is 773 g/mol. The molecule has 0 bridgehead atoms. The van der Waals surface area contributed by atoms with Crippen LogP contribution < -0.4 is 30.7 Å². The van der Waals surface area contributed by atoms with Crippen molar-refractivity contribution in [2.75, 3.05) is 24.3 Å². The van der Waals surface area contributed by atoms with Crippen LogP contribution in [-0.2, 0) is 14.3 Å². The number of amides is 2. The third-order valence-electron chi connectivity index (χ3n) is 9.76. The van der Waals surface area contributed by atoms with Crippen LogP contribution in [0.1, 0.15) is 90.0 Å². The highest BCUT2D eigenvalue weighted by molar-refractivity contribution is 7.85. The van der Waals surface area contributed by atoms with Crippen LogP contribution in [0.25, 0.3) is 5.65 Å². The summed E-state index contributed by atoms with van der Waals surface area (Å²) >= 11 is 0. The molecule has 1 fully saturated rings. The van der Waals surface area contributed by atoms with Crippen molar-refractivity contribution in [2.24, 2.45) is 16.1 Å². The van der Waals surface area contributed by atoms with E-state index in [4.69, 9.17) is 24.4 Å². The molecule has 294 valence electrons. The minimum Gasteiger partial charge on any atom is -0.488 e. The number of nitrogens with zero attached hydrogens (tertiary/aromatic N) is 5. The third kappa shape index (κ3) is 10.3. The number of amidine groups is 1. The number of allylic oxidation sites excluding steroid dienone is 1. The van der Waals surface area contributed by atoms with Crippen molar-refractivity contribution in [3.63, 3.8) is 0 Å². The van der Waals surface area contributed by atoms with E-state index in [2.05, 4.69) is 32.7 Å². The number of benzene rings is 2. The van der Waals surface area contributed by atoms with Crippen LogP contribution in [-0.4, -0.2) is 66.4 Å². The summed E-state index contributed by atoms with van der Waals surface area (Å²) in [6, 6.07) is 18.5. The number of pyridine rings is 1. The molecule has 4 aromatic rings. The van der Waals surface area contributed by atoms with Crippen LogP contribution in [0, 0.1) is 5.41 Å². The van der Waals surface area contributed by atoms with Gasteiger partial charge < -0.3 is 25.4 Å². The molecule has 55 heavy (non-hydrogen) atoms. The SMILES string of the molecule is C[C@@H](COS(C)(=O)=O)Oc1cccc(N=C(C=C(N)C(C)(C)C)NC(=O)N[C@H]2CC[C@@H](Oc3ccc4nnc(N5CCCC[C@@H]5C)n4c3)c3ccccc32)c1. The van der Waals surface area contributed by atoms with Gasteiger partial charge >= 0.3 is 6.03 Å². The highest BCUT2D eigenvalue weighted by Gasteiger charge is 2.30. The van der Waals surface area contributed by atoms with E-state index in [9.17, 15) is 13.2 Å². The second kappa shape index (κ2) is 16.7. The number of piperidine rings is 1. The number of carbonyl (C=O) groups is 1. The molecule has 4 N–H and O–H groups in total. The maximum atomic E-state index is 13.7. The van der Waals surface area contributed by atoms with Crippen molar-refractivity contribution in [1.29, 1.82) is 0 Å². The molecule has 15 heteroatoms. The van der Waals surface area contributed by atoms with Crippen molar-refractivity contribution in [1.82, 2.24) is 25.2 Å². The largest absolute Gasteiger partial charge is 0.488 e. The molecule has 1 aliphatic carbocycles. The van der Waals surface area contributed by atoms with Crippen LogP contribution in [0.3, 0.4) is 0 Å². The smallest absolute Gasteiger partial charge is 0.320 e. The number of hydrogen-bond donors (Lipinski definition) is 3. The van der Waals surface area contributed by atoms with Crippen LogP contribution in [0.2, 0.25) is 0 Å². The number of anilines is 1. The van der Waals surface area contributed by atoms with Crippen molar-refractivity contribution in [3.05, 3.63) is 89.8 Å². The van der Waals surface area contributed by atoms with Gasteiger partial charge in [0.2, 0.25) is 5.95 Å². The number of ether oxygens (including phenoxy) is 2. The topological polar surface area (TPSA) is 175 Å². The number of nitrogens with one attached hydrogen (secondary N) is 2. The molecule has 6 rings (SSSR count). The van der Waals surface area contributed by atoms with E-state index in [1.165, 1.54) is 6.42 Å². The van der Waals surface area contributed by atoms with E-state index >= 15 is 0 Å². The lowest BCUT2D eigenvalue weighted by molar-refractivity contribution is 0.147. The molecule has 2 aliphatic rings. The molecule has 0 saturated carbocycles. The van der Waals surface area contributed by atoms with Crippen LogP contribution in [0.4, 0.5) is 16.4 Å². The average Bonchev–Trinajstić information content (AvgIpc) is 3.54. The van der Waals surface area contributed by atoms with Crippen molar-refractivity contribution >= 4 is 39.3 Å². The molecule has 4 atom stereocenters. The fourth-order valence-electron chi connectivity index (χ4n) is 6.73. The fraction of sp³-hybridized carbons (Fsp3) is 0.450. The maximum Gasteiger partial charge on any atom is 0.320 e. The maximum absolute atomic E-state index is 13.7. The highest BCUT2D eigenvalue weighted by atomic mass is 32.2. The van der Waals surface area contributed by atoms with Crippen molar-refractivity contribution < 1.29 is 26.9 Å². The Kier molecular flexibility index (Phi) is 12.0. The lowest BCUT2D eigenvalue weighted by Gasteiger charge is -2.33. The zero-order valence-corrected chi connectivity index (χ0v) is 33.2. The molecule has 2 aromatic heterocycles. The van der Waals surface area contributed by atoms with Gasteiger partial charge in [0.15, 0.2) is 5.65 Å². The Morgan fingerprint density at radius 1 is 1.04 bits per heavy atom. The molecule has 1 aliphatic heterocycles. The first-order valence-corrected chi connectivity index (χ1v) is 20.6. The molecular weight excluding hydrogens is 721 g/mol. The van der Waals surface area contributed by atoms with Crippen molar-refractivity contribution in [2.45, 2.75) is 91.0 Å². The Morgan fingerprint density at radius 3 is 2.56 bits per heavy atom. The standard InChI is InChI=1S/C40H52N8O6S/c1-26-12-9-10-21-47(26)39-46-45-37-20-17-30(24-48(37)39)54-34-19-18-33(31-15-7-8-16-32(31)34)43-38(49)44-36(23-35(41)40(3,4)5)42-28-13-11-14-29(22-28)53-27(2)25-52-55(6,50)51/h7-8,11,13-17,20,22-24,26-27,33-34H,9-10,12,18-19,21,25,41H2,1-6H3,(H2,42,43,44,49)/t26-,27-,33-,34+/m0/s1. The number of nitrogens with two attached hydrogens (primary N) is 1. The summed E-state index contributed by atoms with van der Waals surface area (Å²) in [4.78, 5) is 20.7. The Hall–Kier alpha value is -5.15. The Balaban J connectivity index is 1.17. The zero-order chi connectivity index (χ0) is 39.3. The van der Waals surface area contributed by atoms with E-state index < -0.39 is 22.3 Å². The number of urea groups is 1. The van der Waals surface area contributed by atoms with E-state index in [-0.39, 0.29) is 30.0 Å². The molecule has 0 unspecified atom stereocenters. The molecule has 1 saturated heterocycles. The lowest BCUT2D eigenvalue weighted by atomic mass is 9.85. The van der Waals surface area contributed by atoms with E-state index in [0.29, 0.717) is 36.0 Å². The molecule has 2 amide bonds. The van der Waals surface area contributed by atoms with Crippen LogP contribution in [0.15, 0.2) is 83.6 Å². The second-order valence-electron chi connectivity index (χ2n) is 15.4. The Morgan fingerprint density at radius 2 is 1.82 bits per heavy atom. The number of fused-ring (bicyclic) bond motifs is 2. The molecule has 0 radical (unpaired) electrons. The van der Waals surface area contributed by atoms with Gasteiger partial charge in [0.25, 0.3) is 10.1 Å². The monoisotopic (exact) mass is 772 g/mol. The van der Waals surface area contributed by atoms with Gasteiger partial charge in [-0.1, -0.05) is 51.1 Å². The van der Waals surface area contributed by atoms with E-state index in [1.807, 2.05) is 67.8 Å². The van der Waals surface area contributed by atoms with Gasteiger partial charge in [-0.2, -0.15) is 8.42 Å². The first kappa shape index (κ1) is 39.5. The molecule has 3 heterocycles. The summed E-state index contributed by atoms with van der Waals surface area (Å²) < 4.78 is 42.2. The minimum atomic E-state index is -3.60. The van der Waals surface area contributed by atoms with Gasteiger partial charge in [0.05, 0.1) is 24.2 Å². The minimum absolute atomic E-state index is 0.139. The lowest BCUT2D eigenvalue weighted by Crippen LogP contribution is -2.42. The van der Waals surface area contributed by atoms with Gasteiger partial charge in [-0.3, -0.25) is 13.9 Å². The number of rotatable bonds is 11. The summed E-state index contributed by atoms with van der Waals surface area (Å²) in [6.07, 6.45) is 8.66. The first-order valence-electron chi connectivity index (χ1n) is 18.7. The quantitative estimate of drug-likeness (QED) is 0.0843. The van der Waals surface area contributed by atoms with Crippen molar-refractivity contribution in [3.8, 4) is 11.5 Å². The van der Waals surface area contributed by atoms with Gasteiger partial charge in [-0.05, 0) is 81.3 Å². The number of aliphatic imine (C=N–C) groups is 1. The summed E-state index contributed by atoms with van der Waals surface area (Å²) in [5.74, 6) is 2.25. The van der Waals surface area contributed by atoms with Gasteiger partial charge in [0.1, 0.15) is 36.1 Å². The second-order valence-corrected chi connectivity index (χ2v) is 17.0. The predicted octanol–water partition coefficient (Wildman–Crippen LogP) is 6.72. The van der Waals surface area contributed by atoms with E-state index in [0.717, 1.165) is 54.1 Å². The molecule has 0 spiro atoms. The van der Waals surface area contributed by atoms with Gasteiger partial charge in [0, 0.05) is 35.8 Å². The number of aromatic nitrogens is 3. The van der Waals surface area contributed by atoms with Gasteiger partial charge in [-0.25, -0.2) is 9.79 Å². The van der Waals surface area contributed by atoms with E-state index in [1.54, 1.807) is 37.3 Å². The molecular formula is C40H52N8O6S.